The van der Waals surface area contributed by atoms with E-state index in [2.05, 4.69) is 5.10 Å². The fourth-order valence-corrected chi connectivity index (χ4v) is 2.48. The number of sulfone groups is 1. The molecule has 0 saturated heterocycles. The highest BCUT2D eigenvalue weighted by molar-refractivity contribution is 7.97. The molecule has 7 heteroatoms. The number of aromatic nitrogens is 2. The number of nitriles is 1. The Morgan fingerprint density at radius 3 is 2.44 bits per heavy atom. The van der Waals surface area contributed by atoms with Crippen molar-refractivity contribution >= 4 is 27.5 Å². The fourth-order valence-electron chi connectivity index (χ4n) is 1.20. The van der Waals surface area contributed by atoms with Gasteiger partial charge in [0.05, 0.1) is 9.77 Å². The summed E-state index contributed by atoms with van der Waals surface area (Å²) in [7, 11) is -2.04. The van der Waals surface area contributed by atoms with Crippen molar-refractivity contribution in [1.82, 2.24) is 9.78 Å². The molecule has 0 aliphatic carbocycles. The van der Waals surface area contributed by atoms with Gasteiger partial charge in [0, 0.05) is 13.2 Å². The molecule has 0 aliphatic rings. The molecule has 1 aromatic heterocycles. The van der Waals surface area contributed by atoms with E-state index >= 15 is 0 Å². The van der Waals surface area contributed by atoms with Gasteiger partial charge >= 0.3 is 0 Å². The first-order valence-corrected chi connectivity index (χ1v) is 7.01. The van der Waals surface area contributed by atoms with Gasteiger partial charge in [-0.3, -0.25) is 4.68 Å². The van der Waals surface area contributed by atoms with E-state index in [1.165, 1.54) is 37.7 Å². The van der Waals surface area contributed by atoms with Crippen LogP contribution in [0.3, 0.4) is 0 Å². The van der Waals surface area contributed by atoms with Gasteiger partial charge in [-0.2, -0.15) is 10.4 Å². The summed E-state index contributed by atoms with van der Waals surface area (Å²) in [6.45, 7) is 4.61. The van der Waals surface area contributed by atoms with Crippen molar-refractivity contribution in [3.05, 3.63) is 21.8 Å². The first-order valence-electron chi connectivity index (χ1n) is 5.15. The van der Waals surface area contributed by atoms with E-state index in [0.29, 0.717) is 5.02 Å². The predicted octanol–water partition coefficient (Wildman–Crippen LogP) is 2.15. The molecule has 0 amide bonds. The molecular formula is C11H14ClN3O2S. The third-order valence-electron chi connectivity index (χ3n) is 2.28. The van der Waals surface area contributed by atoms with Gasteiger partial charge in [0.1, 0.15) is 16.7 Å². The maximum absolute atomic E-state index is 12.1. The Balaban J connectivity index is 3.38. The number of hydrogen-bond acceptors (Lipinski definition) is 4. The van der Waals surface area contributed by atoms with Gasteiger partial charge in [0.25, 0.3) is 0 Å². The van der Waals surface area contributed by atoms with Crippen LogP contribution >= 0.6 is 11.6 Å². The van der Waals surface area contributed by atoms with Crippen molar-refractivity contribution in [3.63, 3.8) is 0 Å². The van der Waals surface area contributed by atoms with Crippen LogP contribution in [0.5, 0.6) is 0 Å². The lowest BCUT2D eigenvalue weighted by Gasteiger charge is -2.17. The lowest BCUT2D eigenvalue weighted by molar-refractivity contribution is 0.568. The van der Waals surface area contributed by atoms with Gasteiger partial charge in [0.2, 0.25) is 0 Å². The first-order chi connectivity index (χ1) is 8.09. The fraction of sp³-hybridized carbons (Fsp3) is 0.455. The van der Waals surface area contributed by atoms with Gasteiger partial charge in [-0.1, -0.05) is 11.6 Å². The lowest BCUT2D eigenvalue weighted by Crippen LogP contribution is -2.28. The molecule has 0 N–H and O–H groups in total. The largest absolute Gasteiger partial charge is 0.274 e. The Morgan fingerprint density at radius 2 is 2.11 bits per heavy atom. The van der Waals surface area contributed by atoms with Crippen molar-refractivity contribution < 1.29 is 8.42 Å². The van der Waals surface area contributed by atoms with Crippen LogP contribution in [0.4, 0.5) is 0 Å². The molecule has 0 aliphatic heterocycles. The summed E-state index contributed by atoms with van der Waals surface area (Å²) >= 11 is 5.88. The molecule has 5 nitrogen and oxygen atoms in total. The molecule has 18 heavy (non-hydrogen) atoms. The van der Waals surface area contributed by atoms with E-state index in [-0.39, 0.29) is 10.6 Å². The second-order valence-corrected chi connectivity index (χ2v) is 7.85. The van der Waals surface area contributed by atoms with Crippen LogP contribution in [0, 0.1) is 11.3 Å². The Hall–Kier alpha value is -1.32. The van der Waals surface area contributed by atoms with Crippen molar-refractivity contribution in [2.75, 3.05) is 0 Å². The molecule has 0 radical (unpaired) electrons. The van der Waals surface area contributed by atoms with Crippen LogP contribution in [0.1, 0.15) is 26.5 Å². The number of aryl methyl sites for hydroxylation is 1. The van der Waals surface area contributed by atoms with Crippen LogP contribution in [-0.4, -0.2) is 22.9 Å². The molecule has 0 fully saturated rings. The molecule has 0 atom stereocenters. The van der Waals surface area contributed by atoms with E-state index < -0.39 is 14.6 Å². The average molecular weight is 288 g/mol. The molecule has 0 spiro atoms. The van der Waals surface area contributed by atoms with Gasteiger partial charge in [0.15, 0.2) is 9.84 Å². The SMILES string of the molecule is Cn1cc(Cl)c(/C=C(\C#N)S(=O)(=O)C(C)(C)C)n1. The van der Waals surface area contributed by atoms with Gasteiger partial charge in [-0.25, -0.2) is 8.42 Å². The summed E-state index contributed by atoms with van der Waals surface area (Å²) in [4.78, 5) is -0.337. The zero-order valence-corrected chi connectivity index (χ0v) is 12.2. The quantitative estimate of drug-likeness (QED) is 0.781. The summed E-state index contributed by atoms with van der Waals surface area (Å²) in [6, 6.07) is 1.70. The Labute approximate surface area is 112 Å². The van der Waals surface area contributed by atoms with Crippen molar-refractivity contribution in [1.29, 1.82) is 5.26 Å². The second-order valence-electron chi connectivity index (χ2n) is 4.77. The maximum atomic E-state index is 12.1. The highest BCUT2D eigenvalue weighted by Gasteiger charge is 2.33. The average Bonchev–Trinajstić information content (AvgIpc) is 2.51. The summed E-state index contributed by atoms with van der Waals surface area (Å²) in [5.74, 6) is 0. The molecule has 0 unspecified atom stereocenters. The standard InChI is InChI=1S/C11H14ClN3O2S/c1-11(2,3)18(16,17)8(6-13)5-10-9(12)7-15(4)14-10/h5,7H,1-4H3/b8-5+. The minimum Gasteiger partial charge on any atom is -0.274 e. The summed E-state index contributed by atoms with van der Waals surface area (Å²) in [5.41, 5.74) is 0.267. The van der Waals surface area contributed by atoms with E-state index in [9.17, 15) is 8.42 Å². The zero-order valence-electron chi connectivity index (χ0n) is 10.6. The molecule has 1 aromatic rings. The summed E-state index contributed by atoms with van der Waals surface area (Å²) in [5, 5.41) is 13.3. The minimum atomic E-state index is -3.70. The topological polar surface area (TPSA) is 75.8 Å². The van der Waals surface area contributed by atoms with E-state index in [0.717, 1.165) is 0 Å². The second kappa shape index (κ2) is 4.75. The monoisotopic (exact) mass is 287 g/mol. The van der Waals surface area contributed by atoms with Crippen LogP contribution < -0.4 is 0 Å². The van der Waals surface area contributed by atoms with E-state index in [1.54, 1.807) is 13.1 Å². The molecule has 0 saturated carbocycles. The number of hydrogen-bond donors (Lipinski definition) is 0. The molecule has 0 aromatic carbocycles. The highest BCUT2D eigenvalue weighted by atomic mass is 35.5. The van der Waals surface area contributed by atoms with Gasteiger partial charge in [-0.15, -0.1) is 0 Å². The van der Waals surface area contributed by atoms with Crippen molar-refractivity contribution in [2.45, 2.75) is 25.5 Å². The third-order valence-corrected chi connectivity index (χ3v) is 4.98. The van der Waals surface area contributed by atoms with Crippen LogP contribution in [0.25, 0.3) is 6.08 Å². The van der Waals surface area contributed by atoms with Crippen LogP contribution in [-0.2, 0) is 16.9 Å². The maximum Gasteiger partial charge on any atom is 0.193 e. The molecular weight excluding hydrogens is 274 g/mol. The predicted molar refractivity (Wildman–Crippen MR) is 70.5 cm³/mol. The third kappa shape index (κ3) is 2.74. The van der Waals surface area contributed by atoms with Gasteiger partial charge < -0.3 is 0 Å². The smallest absolute Gasteiger partial charge is 0.193 e. The lowest BCUT2D eigenvalue weighted by atomic mass is 10.3. The Morgan fingerprint density at radius 1 is 1.56 bits per heavy atom. The van der Waals surface area contributed by atoms with Crippen molar-refractivity contribution in [3.8, 4) is 6.07 Å². The molecule has 1 rings (SSSR count). The van der Waals surface area contributed by atoms with Crippen LogP contribution in [0.15, 0.2) is 11.1 Å². The van der Waals surface area contributed by atoms with E-state index in [4.69, 9.17) is 16.9 Å². The number of halogens is 1. The Bertz CT molecular complexity index is 630. The molecule has 0 bridgehead atoms. The van der Waals surface area contributed by atoms with Gasteiger partial charge in [-0.05, 0) is 26.8 Å². The molecule has 98 valence electrons. The summed E-state index contributed by atoms with van der Waals surface area (Å²) < 4.78 is 24.7. The number of allylic oxidation sites excluding steroid dienone is 1. The van der Waals surface area contributed by atoms with Crippen LogP contribution in [0.2, 0.25) is 5.02 Å². The summed E-state index contributed by atoms with van der Waals surface area (Å²) in [6.07, 6.45) is 2.73. The number of rotatable bonds is 2. The zero-order chi connectivity index (χ0) is 14.1. The minimum absolute atomic E-state index is 0.267. The first kappa shape index (κ1) is 14.7. The molecule has 1 heterocycles. The normalized spacial score (nSPS) is 13.4. The van der Waals surface area contributed by atoms with Crippen molar-refractivity contribution in [2.24, 2.45) is 7.05 Å². The van der Waals surface area contributed by atoms with E-state index in [1.807, 2.05) is 0 Å². The number of nitrogens with zero attached hydrogens (tertiary/aromatic N) is 3. The Kier molecular flexibility index (Phi) is 3.89. The highest BCUT2D eigenvalue weighted by Crippen LogP contribution is 2.26.